The molecular formula is C15H27FN2. The number of piperazine rings is 1. The van der Waals surface area contributed by atoms with Crippen LogP contribution in [0.3, 0.4) is 0 Å². The third-order valence-corrected chi connectivity index (χ3v) is 2.70. The highest BCUT2D eigenvalue weighted by atomic mass is 19.1. The monoisotopic (exact) mass is 254 g/mol. The summed E-state index contributed by atoms with van der Waals surface area (Å²) in [6, 6.07) is 6.74. The lowest BCUT2D eigenvalue weighted by Crippen LogP contribution is -2.44. The van der Waals surface area contributed by atoms with Crippen LogP contribution in [-0.4, -0.2) is 38.1 Å². The van der Waals surface area contributed by atoms with E-state index in [1.165, 1.54) is 12.1 Å². The minimum atomic E-state index is -0.164. The molecule has 18 heavy (non-hydrogen) atoms. The smallest absolute Gasteiger partial charge is 0.123 e. The lowest BCUT2D eigenvalue weighted by atomic mass is 10.2. The van der Waals surface area contributed by atoms with Gasteiger partial charge in [-0.25, -0.2) is 4.39 Å². The first-order valence-corrected chi connectivity index (χ1v) is 6.95. The van der Waals surface area contributed by atoms with Crippen LogP contribution in [0.5, 0.6) is 0 Å². The van der Waals surface area contributed by atoms with Gasteiger partial charge in [-0.3, -0.25) is 0 Å². The van der Waals surface area contributed by atoms with Gasteiger partial charge in [0.15, 0.2) is 0 Å². The first-order chi connectivity index (χ1) is 8.75. The van der Waals surface area contributed by atoms with Gasteiger partial charge in [-0.2, -0.15) is 0 Å². The fourth-order valence-corrected chi connectivity index (χ4v) is 1.72. The highest BCUT2D eigenvalue weighted by molar-refractivity contribution is 5.46. The summed E-state index contributed by atoms with van der Waals surface area (Å²) in [7, 11) is 2.13. The third-order valence-electron chi connectivity index (χ3n) is 2.70. The molecular weight excluding hydrogens is 227 g/mol. The summed E-state index contributed by atoms with van der Waals surface area (Å²) in [5.41, 5.74) is 1.12. The van der Waals surface area contributed by atoms with Crippen LogP contribution >= 0.6 is 0 Å². The molecule has 0 spiro atoms. The Labute approximate surface area is 111 Å². The summed E-state index contributed by atoms with van der Waals surface area (Å²) >= 11 is 0. The number of halogens is 1. The van der Waals surface area contributed by atoms with Gasteiger partial charge in [-0.1, -0.05) is 27.7 Å². The van der Waals surface area contributed by atoms with Crippen LogP contribution in [0.4, 0.5) is 10.1 Å². The quantitative estimate of drug-likeness (QED) is 0.755. The molecule has 2 nitrogen and oxygen atoms in total. The average Bonchev–Trinajstić information content (AvgIpc) is 2.45. The predicted molar refractivity (Wildman–Crippen MR) is 78.8 cm³/mol. The zero-order chi connectivity index (χ0) is 14.0. The van der Waals surface area contributed by atoms with Gasteiger partial charge in [-0.15, -0.1) is 0 Å². The van der Waals surface area contributed by atoms with Crippen LogP contribution in [0.15, 0.2) is 24.3 Å². The second-order valence-corrected chi connectivity index (χ2v) is 3.77. The van der Waals surface area contributed by atoms with Crippen molar-refractivity contribution < 1.29 is 4.39 Å². The van der Waals surface area contributed by atoms with E-state index in [1.807, 2.05) is 39.8 Å². The highest BCUT2D eigenvalue weighted by Gasteiger charge is 2.13. The lowest BCUT2D eigenvalue weighted by Gasteiger charge is -2.34. The third kappa shape index (κ3) is 5.50. The van der Waals surface area contributed by atoms with E-state index in [4.69, 9.17) is 0 Å². The molecule has 1 heterocycles. The number of benzene rings is 1. The first-order valence-electron chi connectivity index (χ1n) is 6.95. The number of hydrogen-bond acceptors (Lipinski definition) is 2. The summed E-state index contributed by atoms with van der Waals surface area (Å²) in [6.45, 7) is 12.2. The Bertz CT molecular complexity index is 290. The van der Waals surface area contributed by atoms with Crippen molar-refractivity contribution in [2.75, 3.05) is 38.1 Å². The molecule has 0 N–H and O–H groups in total. The van der Waals surface area contributed by atoms with Crippen LogP contribution in [-0.2, 0) is 0 Å². The maximum absolute atomic E-state index is 12.7. The first kappa shape index (κ1) is 16.9. The second kappa shape index (κ2) is 9.89. The van der Waals surface area contributed by atoms with E-state index in [0.717, 1.165) is 31.9 Å². The van der Waals surface area contributed by atoms with Crippen LogP contribution in [0.1, 0.15) is 27.7 Å². The van der Waals surface area contributed by atoms with Crippen LogP contribution in [0, 0.1) is 5.82 Å². The minimum absolute atomic E-state index is 0.164. The molecule has 0 unspecified atom stereocenters. The molecule has 1 aromatic carbocycles. The molecule has 1 aliphatic heterocycles. The Morgan fingerprint density at radius 1 is 0.833 bits per heavy atom. The summed E-state index contributed by atoms with van der Waals surface area (Å²) in [5, 5.41) is 0. The average molecular weight is 254 g/mol. The fourth-order valence-electron chi connectivity index (χ4n) is 1.72. The van der Waals surface area contributed by atoms with Crippen LogP contribution in [0.2, 0.25) is 0 Å². The van der Waals surface area contributed by atoms with E-state index in [-0.39, 0.29) is 5.82 Å². The van der Waals surface area contributed by atoms with Gasteiger partial charge in [0, 0.05) is 31.9 Å². The molecule has 0 aromatic heterocycles. The molecule has 0 aliphatic carbocycles. The molecule has 1 fully saturated rings. The molecule has 1 saturated heterocycles. The molecule has 104 valence electrons. The van der Waals surface area contributed by atoms with E-state index in [1.54, 1.807) is 0 Å². The molecule has 0 saturated carbocycles. The number of hydrogen-bond donors (Lipinski definition) is 0. The Balaban J connectivity index is 0.000000659. The largest absolute Gasteiger partial charge is 0.369 e. The van der Waals surface area contributed by atoms with Crippen molar-refractivity contribution in [3.8, 4) is 0 Å². The fraction of sp³-hybridized carbons (Fsp3) is 0.600. The van der Waals surface area contributed by atoms with E-state index < -0.39 is 0 Å². The van der Waals surface area contributed by atoms with Crippen molar-refractivity contribution in [1.82, 2.24) is 4.90 Å². The maximum atomic E-state index is 12.7. The van der Waals surface area contributed by atoms with E-state index in [2.05, 4.69) is 16.8 Å². The zero-order valence-electron chi connectivity index (χ0n) is 12.4. The lowest BCUT2D eigenvalue weighted by molar-refractivity contribution is 0.313. The van der Waals surface area contributed by atoms with Crippen molar-refractivity contribution in [1.29, 1.82) is 0 Å². The van der Waals surface area contributed by atoms with Gasteiger partial charge in [0.2, 0.25) is 0 Å². The Kier molecular flexibility index (Phi) is 9.29. The van der Waals surface area contributed by atoms with E-state index >= 15 is 0 Å². The molecule has 0 radical (unpaired) electrons. The van der Waals surface area contributed by atoms with Crippen molar-refractivity contribution in [2.24, 2.45) is 0 Å². The standard InChI is InChI=1S/C11H15FN2.2C2H6/c1-13-6-8-14(9-7-13)11-4-2-10(12)3-5-11;2*1-2/h2-5H,6-9H2,1H3;2*1-2H3. The Hall–Kier alpha value is -1.09. The summed E-state index contributed by atoms with van der Waals surface area (Å²) in [5.74, 6) is -0.164. The van der Waals surface area contributed by atoms with Crippen molar-refractivity contribution >= 4 is 5.69 Å². The van der Waals surface area contributed by atoms with Crippen molar-refractivity contribution in [2.45, 2.75) is 27.7 Å². The number of rotatable bonds is 1. The molecule has 0 amide bonds. The van der Waals surface area contributed by atoms with Crippen LogP contribution in [0.25, 0.3) is 0 Å². The van der Waals surface area contributed by atoms with E-state index in [0.29, 0.717) is 0 Å². The van der Waals surface area contributed by atoms with Crippen molar-refractivity contribution in [3.05, 3.63) is 30.1 Å². The molecule has 0 bridgehead atoms. The molecule has 1 aliphatic rings. The molecule has 0 atom stereocenters. The SMILES string of the molecule is CC.CC.CN1CCN(c2ccc(F)cc2)CC1. The van der Waals surface area contributed by atoms with Gasteiger partial charge >= 0.3 is 0 Å². The van der Waals surface area contributed by atoms with Gasteiger partial charge in [0.25, 0.3) is 0 Å². The van der Waals surface area contributed by atoms with Gasteiger partial charge in [-0.05, 0) is 31.3 Å². The van der Waals surface area contributed by atoms with Gasteiger partial charge < -0.3 is 9.80 Å². The van der Waals surface area contributed by atoms with Crippen molar-refractivity contribution in [3.63, 3.8) is 0 Å². The maximum Gasteiger partial charge on any atom is 0.123 e. The van der Waals surface area contributed by atoms with E-state index in [9.17, 15) is 4.39 Å². The zero-order valence-corrected chi connectivity index (χ0v) is 12.4. The summed E-state index contributed by atoms with van der Waals surface area (Å²) < 4.78 is 12.7. The number of nitrogens with zero attached hydrogens (tertiary/aromatic N) is 2. The topological polar surface area (TPSA) is 6.48 Å². The Morgan fingerprint density at radius 3 is 1.72 bits per heavy atom. The van der Waals surface area contributed by atoms with Gasteiger partial charge in [0.05, 0.1) is 0 Å². The van der Waals surface area contributed by atoms with Gasteiger partial charge in [0.1, 0.15) is 5.82 Å². The number of likely N-dealkylation sites (N-methyl/N-ethyl adjacent to an activating group) is 1. The van der Waals surface area contributed by atoms with Crippen LogP contribution < -0.4 is 4.90 Å². The second-order valence-electron chi connectivity index (χ2n) is 3.77. The molecule has 2 rings (SSSR count). The molecule has 3 heteroatoms. The Morgan fingerprint density at radius 2 is 1.28 bits per heavy atom. The normalized spacial score (nSPS) is 15.1. The predicted octanol–water partition coefficient (Wildman–Crippen LogP) is 3.63. The number of anilines is 1. The summed E-state index contributed by atoms with van der Waals surface area (Å²) in [6.07, 6.45) is 0. The minimum Gasteiger partial charge on any atom is -0.369 e. The molecule has 1 aromatic rings. The summed E-state index contributed by atoms with van der Waals surface area (Å²) in [4.78, 5) is 4.60. The highest BCUT2D eigenvalue weighted by Crippen LogP contribution is 2.16.